The van der Waals surface area contributed by atoms with E-state index in [1.54, 1.807) is 35.2 Å². The number of anilines is 1. The number of nitrogens with one attached hydrogen (secondary N) is 1. The normalized spacial score (nSPS) is 10.8. The third kappa shape index (κ3) is 3.60. The molecule has 0 radical (unpaired) electrons. The Hall–Kier alpha value is -1.57. The summed E-state index contributed by atoms with van der Waals surface area (Å²) in [6.45, 7) is 1.17. The molecule has 0 fully saturated rings. The lowest BCUT2D eigenvalue weighted by Gasteiger charge is -2.08. The van der Waals surface area contributed by atoms with Crippen LogP contribution < -0.4 is 10.1 Å². The molecule has 3 aromatic rings. The Morgan fingerprint density at radius 1 is 1.27 bits per heavy atom. The lowest BCUT2D eigenvalue weighted by molar-refractivity contribution is 0.333. The highest BCUT2D eigenvalue weighted by Crippen LogP contribution is 2.30. The van der Waals surface area contributed by atoms with E-state index in [-0.39, 0.29) is 0 Å². The highest BCUT2D eigenvalue weighted by atomic mass is 35.5. The van der Waals surface area contributed by atoms with E-state index in [0.29, 0.717) is 18.2 Å². The van der Waals surface area contributed by atoms with Crippen molar-refractivity contribution in [3.8, 4) is 5.75 Å². The molecule has 0 unspecified atom stereocenters. The molecular formula is C14H13ClN4OS2. The molecule has 22 heavy (non-hydrogen) atoms. The number of thioether (sulfide) groups is 1. The molecule has 0 aliphatic heterocycles. The van der Waals surface area contributed by atoms with E-state index in [9.17, 15) is 0 Å². The highest BCUT2D eigenvalue weighted by molar-refractivity contribution is 8.00. The molecule has 0 spiro atoms. The van der Waals surface area contributed by atoms with Crippen LogP contribution in [0.1, 0.15) is 0 Å². The van der Waals surface area contributed by atoms with Gasteiger partial charge in [0.05, 0.1) is 6.54 Å². The van der Waals surface area contributed by atoms with E-state index in [2.05, 4.69) is 20.3 Å². The molecule has 8 heteroatoms. The van der Waals surface area contributed by atoms with Crippen molar-refractivity contribution in [1.29, 1.82) is 0 Å². The van der Waals surface area contributed by atoms with E-state index in [0.717, 1.165) is 26.3 Å². The Balaban J connectivity index is 1.59. The lowest BCUT2D eigenvalue weighted by atomic mass is 10.3. The first-order valence-electron chi connectivity index (χ1n) is 6.54. The molecule has 0 aliphatic carbocycles. The van der Waals surface area contributed by atoms with E-state index in [4.69, 9.17) is 16.3 Å². The number of aromatic nitrogens is 3. The molecule has 1 aromatic carbocycles. The van der Waals surface area contributed by atoms with Crippen LogP contribution >= 0.6 is 34.7 Å². The van der Waals surface area contributed by atoms with E-state index in [1.165, 1.54) is 6.33 Å². The summed E-state index contributed by atoms with van der Waals surface area (Å²) in [4.78, 5) is 12.9. The van der Waals surface area contributed by atoms with Crippen molar-refractivity contribution in [3.05, 3.63) is 35.6 Å². The van der Waals surface area contributed by atoms with Gasteiger partial charge in [-0.3, -0.25) is 0 Å². The minimum Gasteiger partial charge on any atom is -0.492 e. The largest absolute Gasteiger partial charge is 0.492 e. The first-order chi connectivity index (χ1) is 10.8. The second kappa shape index (κ2) is 7.13. The first kappa shape index (κ1) is 15.3. The second-order valence-electron chi connectivity index (χ2n) is 4.29. The van der Waals surface area contributed by atoms with Gasteiger partial charge in [-0.1, -0.05) is 23.4 Å². The van der Waals surface area contributed by atoms with Crippen LogP contribution in [0.5, 0.6) is 5.75 Å². The molecule has 3 rings (SSSR count). The molecule has 0 atom stereocenters. The molecular weight excluding hydrogens is 340 g/mol. The maximum absolute atomic E-state index is 5.83. The summed E-state index contributed by atoms with van der Waals surface area (Å²) in [5.74, 6) is 1.59. The Morgan fingerprint density at radius 2 is 2.09 bits per heavy atom. The number of rotatable bonds is 6. The lowest BCUT2D eigenvalue weighted by Crippen LogP contribution is -2.12. The van der Waals surface area contributed by atoms with Crippen molar-refractivity contribution in [1.82, 2.24) is 15.0 Å². The third-order valence-corrected chi connectivity index (χ3v) is 5.11. The van der Waals surface area contributed by atoms with Crippen LogP contribution in [0.3, 0.4) is 0 Å². The van der Waals surface area contributed by atoms with Gasteiger partial charge in [-0.15, -0.1) is 11.3 Å². The molecule has 0 aliphatic rings. The molecule has 114 valence electrons. The molecule has 1 N–H and O–H groups in total. The van der Waals surface area contributed by atoms with Crippen LogP contribution in [0.25, 0.3) is 10.3 Å². The highest BCUT2D eigenvalue weighted by Gasteiger charge is 2.09. The summed E-state index contributed by atoms with van der Waals surface area (Å²) in [5.41, 5.74) is 0.727. The number of hydrogen-bond donors (Lipinski definition) is 1. The minimum atomic E-state index is 0.529. The number of benzene rings is 1. The SMILES string of the molecule is CSc1nc2ncnc(NCCOc3ccc(Cl)cc3)c2s1. The van der Waals surface area contributed by atoms with E-state index in [1.807, 2.05) is 18.4 Å². The van der Waals surface area contributed by atoms with Crippen LogP contribution in [0, 0.1) is 0 Å². The van der Waals surface area contributed by atoms with Crippen LogP contribution in [-0.4, -0.2) is 34.4 Å². The molecule has 0 bridgehead atoms. The summed E-state index contributed by atoms with van der Waals surface area (Å²) < 4.78 is 7.59. The van der Waals surface area contributed by atoms with Crippen molar-refractivity contribution < 1.29 is 4.74 Å². The van der Waals surface area contributed by atoms with Gasteiger partial charge in [0, 0.05) is 5.02 Å². The molecule has 0 saturated heterocycles. The number of ether oxygens (including phenoxy) is 1. The van der Waals surface area contributed by atoms with Crippen molar-refractivity contribution in [2.45, 2.75) is 4.34 Å². The van der Waals surface area contributed by atoms with E-state index < -0.39 is 0 Å². The van der Waals surface area contributed by atoms with Crippen LogP contribution in [-0.2, 0) is 0 Å². The Morgan fingerprint density at radius 3 is 2.86 bits per heavy atom. The smallest absolute Gasteiger partial charge is 0.176 e. The number of fused-ring (bicyclic) bond motifs is 1. The fourth-order valence-corrected chi connectivity index (χ4v) is 3.42. The van der Waals surface area contributed by atoms with Gasteiger partial charge in [0.25, 0.3) is 0 Å². The van der Waals surface area contributed by atoms with Crippen molar-refractivity contribution in [2.75, 3.05) is 24.7 Å². The predicted octanol–water partition coefficient (Wildman–Crippen LogP) is 3.95. The van der Waals surface area contributed by atoms with Gasteiger partial charge in [-0.2, -0.15) is 0 Å². The first-order valence-corrected chi connectivity index (χ1v) is 8.96. The Labute approximate surface area is 141 Å². The average Bonchev–Trinajstić information content (AvgIpc) is 2.97. The fourth-order valence-electron chi connectivity index (χ4n) is 1.82. The molecule has 5 nitrogen and oxygen atoms in total. The predicted molar refractivity (Wildman–Crippen MR) is 92.4 cm³/mol. The van der Waals surface area contributed by atoms with Crippen molar-refractivity contribution in [3.63, 3.8) is 0 Å². The zero-order valence-electron chi connectivity index (χ0n) is 11.7. The Bertz CT molecular complexity index is 763. The van der Waals surface area contributed by atoms with Gasteiger partial charge in [0.1, 0.15) is 29.2 Å². The van der Waals surface area contributed by atoms with Gasteiger partial charge in [-0.25, -0.2) is 15.0 Å². The number of thiazole rings is 1. The standard InChI is InChI=1S/C14H13ClN4OS2/c1-21-14-19-13-11(22-14)12(17-8-18-13)16-6-7-20-10-4-2-9(15)3-5-10/h2-5,8H,6-7H2,1H3,(H,16,17,18). The maximum atomic E-state index is 5.83. The zero-order valence-corrected chi connectivity index (χ0v) is 14.1. The summed E-state index contributed by atoms with van der Waals surface area (Å²) in [6, 6.07) is 7.30. The summed E-state index contributed by atoms with van der Waals surface area (Å²) >= 11 is 9.03. The van der Waals surface area contributed by atoms with E-state index >= 15 is 0 Å². The summed E-state index contributed by atoms with van der Waals surface area (Å²) in [5, 5.41) is 3.96. The van der Waals surface area contributed by atoms with Gasteiger partial charge in [-0.05, 0) is 30.5 Å². The van der Waals surface area contributed by atoms with Crippen molar-refractivity contribution in [2.24, 2.45) is 0 Å². The number of hydrogen-bond acceptors (Lipinski definition) is 7. The van der Waals surface area contributed by atoms with Crippen LogP contribution in [0.15, 0.2) is 34.9 Å². The number of halogens is 1. The average molecular weight is 353 g/mol. The summed E-state index contributed by atoms with van der Waals surface area (Å²) in [7, 11) is 0. The molecule has 0 amide bonds. The van der Waals surface area contributed by atoms with Crippen molar-refractivity contribution >= 4 is 50.9 Å². The second-order valence-corrected chi connectivity index (χ2v) is 6.78. The number of nitrogens with zero attached hydrogens (tertiary/aromatic N) is 3. The molecule has 0 saturated carbocycles. The topological polar surface area (TPSA) is 59.9 Å². The van der Waals surface area contributed by atoms with Gasteiger partial charge < -0.3 is 10.1 Å². The Kier molecular flexibility index (Phi) is 4.97. The van der Waals surface area contributed by atoms with Gasteiger partial charge in [0.15, 0.2) is 9.99 Å². The monoisotopic (exact) mass is 352 g/mol. The summed E-state index contributed by atoms with van der Waals surface area (Å²) in [6.07, 6.45) is 3.52. The van der Waals surface area contributed by atoms with Crippen LogP contribution in [0.4, 0.5) is 5.82 Å². The van der Waals surface area contributed by atoms with Crippen LogP contribution in [0.2, 0.25) is 5.02 Å². The van der Waals surface area contributed by atoms with Gasteiger partial charge >= 0.3 is 0 Å². The molecule has 2 heterocycles. The van der Waals surface area contributed by atoms with Gasteiger partial charge in [0.2, 0.25) is 0 Å². The fraction of sp³-hybridized carbons (Fsp3) is 0.214. The minimum absolute atomic E-state index is 0.529. The molecule has 2 aromatic heterocycles. The quantitative estimate of drug-likeness (QED) is 0.535. The zero-order chi connectivity index (χ0) is 15.4. The third-order valence-electron chi connectivity index (χ3n) is 2.82. The maximum Gasteiger partial charge on any atom is 0.176 e.